The van der Waals surface area contributed by atoms with Crippen molar-refractivity contribution >= 4 is 17.5 Å². The van der Waals surface area contributed by atoms with E-state index in [1.807, 2.05) is 60.7 Å². The summed E-state index contributed by atoms with van der Waals surface area (Å²) in [4.78, 5) is 26.1. The van der Waals surface area contributed by atoms with Crippen molar-refractivity contribution in [2.75, 3.05) is 18.7 Å². The van der Waals surface area contributed by atoms with E-state index < -0.39 is 5.41 Å². The first kappa shape index (κ1) is 25.2. The lowest BCUT2D eigenvalue weighted by molar-refractivity contribution is -0.118. The van der Waals surface area contributed by atoms with Gasteiger partial charge in [0.2, 0.25) is 12.7 Å². The van der Waals surface area contributed by atoms with E-state index in [1.165, 1.54) is 18.4 Å². The second-order valence-corrected chi connectivity index (χ2v) is 10.8. The molecule has 200 valence electrons. The van der Waals surface area contributed by atoms with E-state index in [4.69, 9.17) is 9.47 Å². The van der Waals surface area contributed by atoms with Gasteiger partial charge in [0.1, 0.15) is 0 Å². The molecule has 1 saturated carbocycles. The molecule has 0 bridgehead atoms. The molecule has 6 heteroatoms. The van der Waals surface area contributed by atoms with E-state index in [-0.39, 0.29) is 18.6 Å². The minimum absolute atomic E-state index is 0.00724. The number of anilines is 1. The van der Waals surface area contributed by atoms with Crippen LogP contribution in [0.3, 0.4) is 0 Å². The zero-order valence-corrected chi connectivity index (χ0v) is 22.3. The molecule has 0 spiro atoms. The van der Waals surface area contributed by atoms with Crippen LogP contribution in [0.1, 0.15) is 66.4 Å². The summed E-state index contributed by atoms with van der Waals surface area (Å²) in [7, 11) is 0. The SMILES string of the molecule is Cc1ccc(NC(=O)C2(c3ccc4c(c3)OCO4)CC2)cc1-c1ccc(C(=O)NCCC2=CCCCC2)cc1. The highest BCUT2D eigenvalue weighted by atomic mass is 16.7. The first-order chi connectivity index (χ1) is 19.0. The number of benzene rings is 3. The Morgan fingerprint density at radius 1 is 0.923 bits per heavy atom. The molecule has 0 saturated heterocycles. The molecule has 3 aromatic carbocycles. The number of nitrogens with one attached hydrogen (secondary N) is 2. The summed E-state index contributed by atoms with van der Waals surface area (Å²) in [5.74, 6) is 1.36. The quantitative estimate of drug-likeness (QED) is 0.324. The van der Waals surface area contributed by atoms with Crippen molar-refractivity contribution in [3.8, 4) is 22.6 Å². The van der Waals surface area contributed by atoms with Gasteiger partial charge in [0.25, 0.3) is 5.91 Å². The highest BCUT2D eigenvalue weighted by Crippen LogP contribution is 2.51. The lowest BCUT2D eigenvalue weighted by Gasteiger charge is -2.17. The number of hydrogen-bond acceptors (Lipinski definition) is 4. The molecule has 3 aliphatic rings. The topological polar surface area (TPSA) is 76.7 Å². The van der Waals surface area contributed by atoms with Crippen molar-refractivity contribution in [2.45, 2.75) is 57.3 Å². The van der Waals surface area contributed by atoms with Crippen LogP contribution in [-0.4, -0.2) is 25.2 Å². The van der Waals surface area contributed by atoms with E-state index in [1.54, 1.807) is 0 Å². The number of rotatable bonds is 8. The van der Waals surface area contributed by atoms with E-state index in [2.05, 4.69) is 23.6 Å². The van der Waals surface area contributed by atoms with Gasteiger partial charge in [-0.3, -0.25) is 9.59 Å². The van der Waals surface area contributed by atoms with Gasteiger partial charge in [0, 0.05) is 17.8 Å². The molecule has 3 aromatic rings. The van der Waals surface area contributed by atoms with Crippen molar-refractivity contribution in [3.63, 3.8) is 0 Å². The van der Waals surface area contributed by atoms with Crippen molar-refractivity contribution in [1.29, 1.82) is 0 Å². The predicted molar refractivity (Wildman–Crippen MR) is 152 cm³/mol. The third kappa shape index (κ3) is 5.29. The van der Waals surface area contributed by atoms with Gasteiger partial charge in [-0.1, -0.05) is 35.9 Å². The molecule has 0 aromatic heterocycles. The number of amides is 2. The molecule has 0 atom stereocenters. The van der Waals surface area contributed by atoms with Crippen molar-refractivity contribution < 1.29 is 19.1 Å². The Morgan fingerprint density at radius 3 is 2.51 bits per heavy atom. The average molecular weight is 523 g/mol. The van der Waals surface area contributed by atoms with Crippen LogP contribution in [0.25, 0.3) is 11.1 Å². The zero-order valence-electron chi connectivity index (χ0n) is 22.3. The largest absolute Gasteiger partial charge is 0.454 e. The average Bonchev–Trinajstić information content (AvgIpc) is 3.65. The summed E-state index contributed by atoms with van der Waals surface area (Å²) in [5, 5.41) is 6.20. The Kier molecular flexibility index (Phi) is 6.86. The van der Waals surface area contributed by atoms with Gasteiger partial charge >= 0.3 is 0 Å². The molecule has 2 N–H and O–H groups in total. The monoisotopic (exact) mass is 522 g/mol. The molecule has 2 aliphatic carbocycles. The Balaban J connectivity index is 1.11. The Labute approximate surface area is 229 Å². The molecular formula is C33H34N2O4. The molecule has 6 rings (SSSR count). The fraction of sp³-hybridized carbons (Fsp3) is 0.333. The van der Waals surface area contributed by atoms with Crippen LogP contribution in [0.4, 0.5) is 5.69 Å². The summed E-state index contributed by atoms with van der Waals surface area (Å²) < 4.78 is 10.9. The summed E-state index contributed by atoms with van der Waals surface area (Å²) in [5.41, 5.74) is 6.42. The van der Waals surface area contributed by atoms with Crippen molar-refractivity contribution in [3.05, 3.63) is 89.0 Å². The number of fused-ring (bicyclic) bond motifs is 1. The summed E-state index contributed by atoms with van der Waals surface area (Å²) in [6, 6.07) is 19.4. The second-order valence-electron chi connectivity index (χ2n) is 10.8. The maximum atomic E-state index is 13.4. The minimum Gasteiger partial charge on any atom is -0.454 e. The van der Waals surface area contributed by atoms with Crippen LogP contribution >= 0.6 is 0 Å². The first-order valence-corrected chi connectivity index (χ1v) is 13.9. The first-order valence-electron chi connectivity index (χ1n) is 13.9. The molecule has 0 radical (unpaired) electrons. The molecule has 6 nitrogen and oxygen atoms in total. The number of carbonyl (C=O) groups excluding carboxylic acids is 2. The van der Waals surface area contributed by atoms with Crippen LogP contribution in [0.5, 0.6) is 11.5 Å². The van der Waals surface area contributed by atoms with Gasteiger partial charge in [-0.25, -0.2) is 0 Å². The number of hydrogen-bond donors (Lipinski definition) is 2. The molecule has 1 fully saturated rings. The van der Waals surface area contributed by atoms with Gasteiger partial charge in [-0.05, 0) is 111 Å². The van der Waals surface area contributed by atoms with Gasteiger partial charge in [-0.15, -0.1) is 0 Å². The fourth-order valence-electron chi connectivity index (χ4n) is 5.60. The normalized spacial score (nSPS) is 16.8. The molecule has 39 heavy (non-hydrogen) atoms. The van der Waals surface area contributed by atoms with Crippen LogP contribution in [0.15, 0.2) is 72.3 Å². The van der Waals surface area contributed by atoms with Crippen LogP contribution in [0, 0.1) is 6.92 Å². The lowest BCUT2D eigenvalue weighted by Crippen LogP contribution is -2.27. The Morgan fingerprint density at radius 2 is 1.74 bits per heavy atom. The maximum Gasteiger partial charge on any atom is 0.251 e. The summed E-state index contributed by atoms with van der Waals surface area (Å²) >= 11 is 0. The number of carbonyl (C=O) groups is 2. The number of allylic oxidation sites excluding steroid dienone is 1. The van der Waals surface area contributed by atoms with Gasteiger partial charge in [0.15, 0.2) is 11.5 Å². The van der Waals surface area contributed by atoms with E-state index >= 15 is 0 Å². The molecule has 2 amide bonds. The minimum atomic E-state index is -0.533. The van der Waals surface area contributed by atoms with E-state index in [0.29, 0.717) is 17.9 Å². The fourth-order valence-corrected chi connectivity index (χ4v) is 5.60. The van der Waals surface area contributed by atoms with Gasteiger partial charge in [-0.2, -0.15) is 0 Å². The standard InChI is InChI=1S/C33H34N2O4/c1-22-7-13-27(35-32(37)33(16-17-33)26-12-14-29-30(19-26)39-21-38-29)20-28(22)24-8-10-25(11-9-24)31(36)34-18-15-23-5-3-2-4-6-23/h5,7-14,19-20H,2-4,6,15-18,21H2,1H3,(H,34,36)(H,35,37). The summed E-state index contributed by atoms with van der Waals surface area (Å²) in [6.45, 7) is 2.94. The van der Waals surface area contributed by atoms with Crippen molar-refractivity contribution in [2.24, 2.45) is 0 Å². The van der Waals surface area contributed by atoms with E-state index in [0.717, 1.165) is 65.8 Å². The third-order valence-electron chi connectivity index (χ3n) is 8.18. The molecular weight excluding hydrogens is 488 g/mol. The number of ether oxygens (including phenoxy) is 2. The highest BCUT2D eigenvalue weighted by molar-refractivity contribution is 6.02. The maximum absolute atomic E-state index is 13.4. The molecule has 1 aliphatic heterocycles. The van der Waals surface area contributed by atoms with Crippen LogP contribution < -0.4 is 20.1 Å². The molecule has 1 heterocycles. The smallest absolute Gasteiger partial charge is 0.251 e. The second kappa shape index (κ2) is 10.6. The van der Waals surface area contributed by atoms with E-state index in [9.17, 15) is 9.59 Å². The van der Waals surface area contributed by atoms with Crippen LogP contribution in [0.2, 0.25) is 0 Å². The number of aryl methyl sites for hydroxylation is 1. The lowest BCUT2D eigenvalue weighted by atomic mass is 9.94. The van der Waals surface area contributed by atoms with Gasteiger partial charge in [0.05, 0.1) is 5.41 Å². The predicted octanol–water partition coefficient (Wildman–Crippen LogP) is 6.68. The highest BCUT2D eigenvalue weighted by Gasteiger charge is 2.51. The van der Waals surface area contributed by atoms with Crippen LogP contribution in [-0.2, 0) is 10.2 Å². The third-order valence-corrected chi connectivity index (χ3v) is 8.18. The molecule has 0 unspecified atom stereocenters. The zero-order chi connectivity index (χ0) is 26.8. The van der Waals surface area contributed by atoms with Crippen molar-refractivity contribution in [1.82, 2.24) is 5.32 Å². The summed E-state index contributed by atoms with van der Waals surface area (Å²) in [6.07, 6.45) is 9.71. The van der Waals surface area contributed by atoms with Gasteiger partial charge < -0.3 is 20.1 Å². The Bertz CT molecular complexity index is 1440. The Hall–Kier alpha value is -4.06.